The summed E-state index contributed by atoms with van der Waals surface area (Å²) >= 11 is 0. The van der Waals surface area contributed by atoms with Gasteiger partial charge in [-0.05, 0) is 6.42 Å². The van der Waals surface area contributed by atoms with Gasteiger partial charge in [-0.15, -0.1) is 0 Å². The van der Waals surface area contributed by atoms with E-state index in [1.807, 2.05) is 0 Å². The minimum Gasteiger partial charge on any atom is -0.473 e. The van der Waals surface area contributed by atoms with E-state index in [0.29, 0.717) is 0 Å². The Bertz CT molecular complexity index is 215. The van der Waals surface area contributed by atoms with Gasteiger partial charge in [0.25, 0.3) is 0 Å². The maximum absolute atomic E-state index is 10.4. The number of carbonyl (C=O) groups excluding carboxylic acids is 1. The topological polar surface area (TPSA) is 72.8 Å². The van der Waals surface area contributed by atoms with Crippen LogP contribution in [0, 0.1) is 0 Å². The van der Waals surface area contributed by atoms with Crippen molar-refractivity contribution >= 4 is 11.9 Å². The molecule has 0 saturated carbocycles. The van der Waals surface area contributed by atoms with Gasteiger partial charge in [-0.3, -0.25) is 4.89 Å². The normalized spacial score (nSPS) is 10.2. The van der Waals surface area contributed by atoms with Crippen LogP contribution < -0.4 is 0 Å². The maximum Gasteiger partial charge on any atom is 0.449 e. The molecule has 17 heavy (non-hydrogen) atoms. The van der Waals surface area contributed by atoms with E-state index in [2.05, 4.69) is 16.7 Å². The van der Waals surface area contributed by atoms with Crippen molar-refractivity contribution in [3.8, 4) is 0 Å². The Balaban J connectivity index is 3.08. The number of hydrogen-bond donors (Lipinski definition) is 1. The summed E-state index contributed by atoms with van der Waals surface area (Å²) in [6.45, 7) is 2.45. The van der Waals surface area contributed by atoms with Gasteiger partial charge in [0.2, 0.25) is 0 Å². The van der Waals surface area contributed by atoms with Crippen LogP contribution in [-0.4, -0.2) is 23.7 Å². The molecule has 0 radical (unpaired) electrons. The third-order valence-corrected chi connectivity index (χ3v) is 2.39. The summed E-state index contributed by atoms with van der Waals surface area (Å²) in [5, 5.41) is 8.17. The molecule has 0 atom stereocenters. The summed E-state index contributed by atoms with van der Waals surface area (Å²) in [5.74, 6) is -3.01. The van der Waals surface area contributed by atoms with Crippen LogP contribution in [0.2, 0.25) is 0 Å². The predicted octanol–water partition coefficient (Wildman–Crippen LogP) is 2.69. The first-order valence-electron chi connectivity index (χ1n) is 6.25. The van der Waals surface area contributed by atoms with Crippen molar-refractivity contribution in [2.24, 2.45) is 0 Å². The van der Waals surface area contributed by atoms with Crippen LogP contribution in [0.25, 0.3) is 0 Å². The molecule has 0 aromatic carbocycles. The van der Waals surface area contributed by atoms with Crippen molar-refractivity contribution in [1.29, 1.82) is 0 Å². The predicted molar refractivity (Wildman–Crippen MR) is 62.3 cm³/mol. The number of hydrogen-bond acceptors (Lipinski definition) is 4. The summed E-state index contributed by atoms with van der Waals surface area (Å²) in [5.41, 5.74) is 0. The highest BCUT2D eigenvalue weighted by atomic mass is 17.2. The summed E-state index contributed by atoms with van der Waals surface area (Å²) in [6.07, 6.45) is 9.26. The average molecular weight is 246 g/mol. The van der Waals surface area contributed by atoms with E-state index in [1.54, 1.807) is 0 Å². The van der Waals surface area contributed by atoms with Crippen LogP contribution in [0.15, 0.2) is 0 Å². The van der Waals surface area contributed by atoms with Gasteiger partial charge < -0.3 is 5.11 Å². The zero-order valence-corrected chi connectivity index (χ0v) is 10.4. The molecule has 0 amide bonds. The van der Waals surface area contributed by atoms with E-state index in [0.717, 1.165) is 19.3 Å². The first-order chi connectivity index (χ1) is 8.18. The molecule has 100 valence electrons. The second-order valence-electron chi connectivity index (χ2n) is 3.97. The van der Waals surface area contributed by atoms with Crippen molar-refractivity contribution in [2.75, 3.05) is 6.61 Å². The van der Waals surface area contributed by atoms with E-state index < -0.39 is 11.9 Å². The molecule has 0 heterocycles. The minimum atomic E-state index is -1.64. The minimum absolute atomic E-state index is 0.258. The Morgan fingerprint density at radius 2 is 1.47 bits per heavy atom. The van der Waals surface area contributed by atoms with E-state index >= 15 is 0 Å². The van der Waals surface area contributed by atoms with Gasteiger partial charge in [0, 0.05) is 0 Å². The molecule has 0 aromatic heterocycles. The zero-order valence-electron chi connectivity index (χ0n) is 10.4. The van der Waals surface area contributed by atoms with E-state index in [4.69, 9.17) is 5.11 Å². The molecule has 5 heteroatoms. The van der Waals surface area contributed by atoms with Crippen molar-refractivity contribution in [1.82, 2.24) is 0 Å². The fraction of sp³-hybridized carbons (Fsp3) is 0.833. The Kier molecular flexibility index (Phi) is 10.7. The smallest absolute Gasteiger partial charge is 0.449 e. The second kappa shape index (κ2) is 11.4. The lowest BCUT2D eigenvalue weighted by atomic mass is 10.1. The summed E-state index contributed by atoms with van der Waals surface area (Å²) in [6, 6.07) is 0. The molecule has 0 aliphatic carbocycles. The molecule has 0 aliphatic heterocycles. The third-order valence-electron chi connectivity index (χ3n) is 2.39. The summed E-state index contributed by atoms with van der Waals surface area (Å²) in [4.78, 5) is 29.0. The second-order valence-corrected chi connectivity index (χ2v) is 3.97. The highest BCUT2D eigenvalue weighted by Gasteiger charge is 2.13. The Hall–Kier alpha value is -1.10. The fourth-order valence-electron chi connectivity index (χ4n) is 1.43. The van der Waals surface area contributed by atoms with Gasteiger partial charge in [0.05, 0.1) is 6.61 Å². The van der Waals surface area contributed by atoms with E-state index in [9.17, 15) is 9.59 Å². The number of carboxylic acid groups (broad SMARTS) is 1. The monoisotopic (exact) mass is 246 g/mol. The molecule has 1 N–H and O–H groups in total. The van der Waals surface area contributed by atoms with Crippen LogP contribution in [0.3, 0.4) is 0 Å². The number of carboxylic acids is 1. The van der Waals surface area contributed by atoms with Crippen LogP contribution in [0.1, 0.15) is 58.3 Å². The van der Waals surface area contributed by atoms with Crippen molar-refractivity contribution < 1.29 is 24.5 Å². The van der Waals surface area contributed by atoms with Crippen LogP contribution >= 0.6 is 0 Å². The van der Waals surface area contributed by atoms with Gasteiger partial charge >= 0.3 is 11.9 Å². The van der Waals surface area contributed by atoms with Crippen LogP contribution in [-0.2, 0) is 19.4 Å². The number of aliphatic carboxylic acids is 1. The van der Waals surface area contributed by atoms with Gasteiger partial charge in [-0.2, -0.15) is 4.89 Å². The molecular weight excluding hydrogens is 224 g/mol. The maximum atomic E-state index is 10.4. The summed E-state index contributed by atoms with van der Waals surface area (Å²) < 4.78 is 0. The molecule has 0 aromatic rings. The first kappa shape index (κ1) is 15.9. The zero-order chi connectivity index (χ0) is 12.9. The lowest BCUT2D eigenvalue weighted by Gasteiger charge is -2.02. The highest BCUT2D eigenvalue weighted by molar-refractivity contribution is 6.28. The molecule has 0 spiro atoms. The molecule has 0 bridgehead atoms. The standard InChI is InChI=1S/C12H22O5/c1-2-3-4-5-6-7-8-9-10-16-17-12(15)11(13)14/h2-10H2,1H3,(H,13,14). The number of rotatable bonds is 10. The molecule has 0 fully saturated rings. The van der Waals surface area contributed by atoms with Crippen molar-refractivity contribution in [2.45, 2.75) is 58.3 Å². The average Bonchev–Trinajstić information content (AvgIpc) is 2.31. The Morgan fingerprint density at radius 3 is 2.00 bits per heavy atom. The van der Waals surface area contributed by atoms with Gasteiger partial charge in [0.15, 0.2) is 0 Å². The molecule has 0 saturated heterocycles. The molecule has 0 unspecified atom stereocenters. The molecular formula is C12H22O5. The third kappa shape index (κ3) is 11.2. The fourth-order valence-corrected chi connectivity index (χ4v) is 1.43. The number of unbranched alkanes of at least 4 members (excludes halogenated alkanes) is 7. The first-order valence-corrected chi connectivity index (χ1v) is 6.25. The lowest BCUT2D eigenvalue weighted by Crippen LogP contribution is -2.16. The molecule has 0 aliphatic rings. The van der Waals surface area contributed by atoms with Gasteiger partial charge in [-0.25, -0.2) is 9.59 Å². The van der Waals surface area contributed by atoms with Crippen molar-refractivity contribution in [3.63, 3.8) is 0 Å². The molecule has 5 nitrogen and oxygen atoms in total. The quantitative estimate of drug-likeness (QED) is 0.278. The van der Waals surface area contributed by atoms with Gasteiger partial charge in [0.1, 0.15) is 0 Å². The van der Waals surface area contributed by atoms with E-state index in [-0.39, 0.29) is 6.61 Å². The van der Waals surface area contributed by atoms with Gasteiger partial charge in [-0.1, -0.05) is 51.9 Å². The summed E-state index contributed by atoms with van der Waals surface area (Å²) in [7, 11) is 0. The largest absolute Gasteiger partial charge is 0.473 e. The van der Waals surface area contributed by atoms with E-state index in [1.165, 1.54) is 32.1 Å². The highest BCUT2D eigenvalue weighted by Crippen LogP contribution is 2.08. The number of carbonyl (C=O) groups is 2. The SMILES string of the molecule is CCCCCCCCCCOOC(=O)C(=O)O. The van der Waals surface area contributed by atoms with Crippen LogP contribution in [0.4, 0.5) is 0 Å². The Morgan fingerprint density at radius 1 is 0.941 bits per heavy atom. The van der Waals surface area contributed by atoms with Crippen molar-refractivity contribution in [3.05, 3.63) is 0 Å². The van der Waals surface area contributed by atoms with Crippen LogP contribution in [0.5, 0.6) is 0 Å². The molecule has 0 rings (SSSR count). The lowest BCUT2D eigenvalue weighted by molar-refractivity contribution is -0.272. The Labute approximate surface area is 102 Å².